The Kier molecular flexibility index (Phi) is 5.80. The minimum absolute atomic E-state index is 0.131. The molecule has 0 amide bonds. The Hall–Kier alpha value is -0.220. The number of nitrogens with two attached hydrogens (primary N) is 1. The van der Waals surface area contributed by atoms with Gasteiger partial charge < -0.3 is 10.5 Å². The summed E-state index contributed by atoms with van der Waals surface area (Å²) in [6, 6.07) is 0. The van der Waals surface area contributed by atoms with E-state index in [0.29, 0.717) is 17.2 Å². The number of ether oxygens (including phenoxy) is 1. The SMILES string of the molecule is CC1OCCC1SCCCCC(C)(C)C(=N)N. The summed E-state index contributed by atoms with van der Waals surface area (Å²) in [5, 5.41) is 8.19. The van der Waals surface area contributed by atoms with E-state index in [1.807, 2.05) is 11.8 Å². The van der Waals surface area contributed by atoms with Gasteiger partial charge in [0.15, 0.2) is 0 Å². The second-order valence-electron chi connectivity index (χ2n) is 5.53. The summed E-state index contributed by atoms with van der Waals surface area (Å²) in [5.74, 6) is 1.51. The van der Waals surface area contributed by atoms with Crippen molar-refractivity contribution < 1.29 is 4.74 Å². The summed E-state index contributed by atoms with van der Waals surface area (Å²) in [7, 11) is 0. The third-order valence-corrected chi connectivity index (χ3v) is 5.14. The lowest BCUT2D eigenvalue weighted by Crippen LogP contribution is -2.30. The molecule has 100 valence electrons. The first kappa shape index (κ1) is 14.8. The highest BCUT2D eigenvalue weighted by atomic mass is 32.2. The molecule has 4 heteroatoms. The van der Waals surface area contributed by atoms with E-state index in [0.717, 1.165) is 19.4 Å². The van der Waals surface area contributed by atoms with E-state index < -0.39 is 0 Å². The lowest BCUT2D eigenvalue weighted by Gasteiger charge is -2.22. The van der Waals surface area contributed by atoms with Crippen LogP contribution >= 0.6 is 11.8 Å². The maximum atomic E-state index is 7.50. The van der Waals surface area contributed by atoms with Gasteiger partial charge in [-0.25, -0.2) is 0 Å². The van der Waals surface area contributed by atoms with Gasteiger partial charge in [-0.05, 0) is 31.9 Å². The van der Waals surface area contributed by atoms with Crippen molar-refractivity contribution in [3.8, 4) is 0 Å². The Labute approximate surface area is 109 Å². The number of amidine groups is 1. The molecule has 0 spiro atoms. The van der Waals surface area contributed by atoms with Crippen LogP contribution < -0.4 is 5.73 Å². The largest absolute Gasteiger partial charge is 0.387 e. The van der Waals surface area contributed by atoms with Crippen molar-refractivity contribution in [1.82, 2.24) is 0 Å². The van der Waals surface area contributed by atoms with E-state index in [-0.39, 0.29) is 5.41 Å². The third-order valence-electron chi connectivity index (χ3n) is 3.56. The Balaban J connectivity index is 2.07. The maximum Gasteiger partial charge on any atom is 0.0963 e. The standard InChI is InChI=1S/C13H26N2OS/c1-10-11(6-8-16-10)17-9-5-4-7-13(2,3)12(14)15/h10-11H,4-9H2,1-3H3,(H3,14,15). The molecular weight excluding hydrogens is 232 g/mol. The molecule has 1 saturated heterocycles. The highest BCUT2D eigenvalue weighted by Crippen LogP contribution is 2.28. The topological polar surface area (TPSA) is 59.1 Å². The smallest absolute Gasteiger partial charge is 0.0963 e. The first-order valence-corrected chi connectivity index (χ1v) is 7.56. The van der Waals surface area contributed by atoms with Gasteiger partial charge in [0.2, 0.25) is 0 Å². The van der Waals surface area contributed by atoms with Crippen molar-refractivity contribution >= 4 is 17.6 Å². The second kappa shape index (κ2) is 6.64. The number of nitrogens with one attached hydrogen (secondary N) is 1. The third kappa shape index (κ3) is 4.88. The van der Waals surface area contributed by atoms with Gasteiger partial charge in [0.25, 0.3) is 0 Å². The highest BCUT2D eigenvalue weighted by molar-refractivity contribution is 7.99. The van der Waals surface area contributed by atoms with Gasteiger partial charge in [-0.15, -0.1) is 0 Å². The van der Waals surface area contributed by atoms with Gasteiger partial charge in [-0.3, -0.25) is 5.41 Å². The van der Waals surface area contributed by atoms with Gasteiger partial charge in [0.05, 0.1) is 11.9 Å². The van der Waals surface area contributed by atoms with Crippen LogP contribution in [0, 0.1) is 10.8 Å². The zero-order valence-electron chi connectivity index (χ0n) is 11.3. The number of hydrogen-bond acceptors (Lipinski definition) is 3. The molecule has 0 saturated carbocycles. The number of thioether (sulfide) groups is 1. The van der Waals surface area contributed by atoms with Crippen molar-refractivity contribution in [1.29, 1.82) is 5.41 Å². The van der Waals surface area contributed by atoms with Gasteiger partial charge in [0, 0.05) is 17.3 Å². The van der Waals surface area contributed by atoms with Crippen LogP contribution in [0.3, 0.4) is 0 Å². The van der Waals surface area contributed by atoms with E-state index in [1.54, 1.807) is 0 Å². The fourth-order valence-corrected chi connectivity index (χ4v) is 3.26. The molecule has 3 N–H and O–H groups in total. The molecule has 3 nitrogen and oxygen atoms in total. The lowest BCUT2D eigenvalue weighted by atomic mass is 9.86. The van der Waals surface area contributed by atoms with Crippen molar-refractivity contribution in [3.63, 3.8) is 0 Å². The first-order valence-electron chi connectivity index (χ1n) is 6.51. The maximum absolute atomic E-state index is 7.50. The molecule has 0 aromatic heterocycles. The van der Waals surface area contributed by atoms with Crippen molar-refractivity contribution in [2.24, 2.45) is 11.1 Å². The van der Waals surface area contributed by atoms with Crippen LogP contribution in [0.5, 0.6) is 0 Å². The number of hydrogen-bond donors (Lipinski definition) is 2. The molecule has 0 bridgehead atoms. The fraction of sp³-hybridized carbons (Fsp3) is 0.923. The summed E-state index contributed by atoms with van der Waals surface area (Å²) in [6.07, 6.45) is 5.00. The second-order valence-corrected chi connectivity index (χ2v) is 6.88. The van der Waals surface area contributed by atoms with Crippen LogP contribution in [0.25, 0.3) is 0 Å². The van der Waals surface area contributed by atoms with Crippen LogP contribution in [-0.2, 0) is 4.74 Å². The molecule has 1 aliphatic rings. The molecule has 1 fully saturated rings. The Bertz CT molecular complexity index is 256. The van der Waals surface area contributed by atoms with Gasteiger partial charge >= 0.3 is 0 Å². The van der Waals surface area contributed by atoms with E-state index in [4.69, 9.17) is 15.9 Å². The molecule has 1 heterocycles. The molecule has 0 aliphatic carbocycles. The van der Waals surface area contributed by atoms with Crippen molar-refractivity contribution in [3.05, 3.63) is 0 Å². The minimum atomic E-state index is -0.131. The van der Waals surface area contributed by atoms with E-state index in [9.17, 15) is 0 Å². The normalized spacial score (nSPS) is 25.1. The summed E-state index contributed by atoms with van der Waals surface area (Å²) < 4.78 is 5.54. The Morgan fingerprint density at radius 1 is 1.47 bits per heavy atom. The highest BCUT2D eigenvalue weighted by Gasteiger charge is 2.24. The first-order chi connectivity index (χ1) is 7.93. The molecule has 2 atom stereocenters. The molecule has 0 aromatic rings. The summed E-state index contributed by atoms with van der Waals surface area (Å²) in [4.78, 5) is 0. The predicted molar refractivity (Wildman–Crippen MR) is 75.8 cm³/mol. The van der Waals surface area contributed by atoms with E-state index in [1.165, 1.54) is 18.6 Å². The van der Waals surface area contributed by atoms with Gasteiger partial charge in [-0.2, -0.15) is 11.8 Å². The monoisotopic (exact) mass is 258 g/mol. The zero-order chi connectivity index (χ0) is 12.9. The molecule has 1 rings (SSSR count). The van der Waals surface area contributed by atoms with Gasteiger partial charge in [-0.1, -0.05) is 20.3 Å². The molecule has 0 radical (unpaired) electrons. The average Bonchev–Trinajstić information content (AvgIpc) is 2.63. The lowest BCUT2D eigenvalue weighted by molar-refractivity contribution is 0.127. The molecule has 0 aromatic carbocycles. The quantitative estimate of drug-likeness (QED) is 0.419. The molecule has 1 aliphatic heterocycles. The Morgan fingerprint density at radius 3 is 2.71 bits per heavy atom. The van der Waals surface area contributed by atoms with Crippen LogP contribution in [0.4, 0.5) is 0 Å². The predicted octanol–water partition coefficient (Wildman–Crippen LogP) is 3.03. The number of unbranched alkanes of at least 4 members (excludes halogenated alkanes) is 1. The van der Waals surface area contributed by atoms with Crippen LogP contribution in [0.1, 0.15) is 46.5 Å². The summed E-state index contributed by atoms with van der Waals surface area (Å²) in [6.45, 7) is 7.20. The summed E-state index contributed by atoms with van der Waals surface area (Å²) in [5.41, 5.74) is 5.43. The summed E-state index contributed by atoms with van der Waals surface area (Å²) >= 11 is 2.04. The van der Waals surface area contributed by atoms with Crippen molar-refractivity contribution in [2.75, 3.05) is 12.4 Å². The van der Waals surface area contributed by atoms with Crippen LogP contribution in [0.15, 0.2) is 0 Å². The van der Waals surface area contributed by atoms with Crippen LogP contribution in [0.2, 0.25) is 0 Å². The number of rotatable bonds is 7. The van der Waals surface area contributed by atoms with Crippen molar-refractivity contribution in [2.45, 2.75) is 57.8 Å². The minimum Gasteiger partial charge on any atom is -0.387 e. The zero-order valence-corrected chi connectivity index (χ0v) is 12.1. The fourth-order valence-electron chi connectivity index (χ4n) is 1.97. The van der Waals surface area contributed by atoms with E-state index >= 15 is 0 Å². The van der Waals surface area contributed by atoms with Crippen LogP contribution in [-0.4, -0.2) is 29.5 Å². The average molecular weight is 258 g/mol. The Morgan fingerprint density at radius 2 is 2.18 bits per heavy atom. The molecular formula is C13H26N2OS. The molecule has 17 heavy (non-hydrogen) atoms. The van der Waals surface area contributed by atoms with E-state index in [2.05, 4.69) is 20.8 Å². The van der Waals surface area contributed by atoms with Gasteiger partial charge in [0.1, 0.15) is 0 Å². The molecule has 2 unspecified atom stereocenters.